The van der Waals surface area contributed by atoms with Crippen molar-refractivity contribution in [3.05, 3.63) is 21.9 Å². The quantitative estimate of drug-likeness (QED) is 0.579. The summed E-state index contributed by atoms with van der Waals surface area (Å²) in [6.45, 7) is 2.60. The number of imidazole rings is 1. The molecule has 2 rings (SSSR count). The predicted molar refractivity (Wildman–Crippen MR) is 51.5 cm³/mol. The zero-order valence-electron chi connectivity index (χ0n) is 8.02. The minimum Gasteiger partial charge on any atom is -0.310 e. The third-order valence-electron chi connectivity index (χ3n) is 2.54. The molecule has 1 fully saturated rings. The zero-order valence-corrected chi connectivity index (χ0v) is 8.02. The van der Waals surface area contributed by atoms with Crippen LogP contribution in [0.25, 0.3) is 0 Å². The molecule has 1 aliphatic rings. The third kappa shape index (κ3) is 1.50. The topological polar surface area (TPSA) is 77.8 Å². The van der Waals surface area contributed by atoms with Crippen molar-refractivity contribution in [2.24, 2.45) is 0 Å². The van der Waals surface area contributed by atoms with Crippen LogP contribution < -0.4 is 11.0 Å². The van der Waals surface area contributed by atoms with E-state index in [1.165, 1.54) is 0 Å². The molecule has 1 aromatic rings. The van der Waals surface area contributed by atoms with Crippen LogP contribution in [-0.4, -0.2) is 28.3 Å². The van der Waals surface area contributed by atoms with Crippen LogP contribution in [0.4, 0.5) is 0 Å². The van der Waals surface area contributed by atoms with Gasteiger partial charge in [0.1, 0.15) is 5.69 Å². The number of carbonyl (C=O) groups is 1. The number of Topliss-reactive ketones (excluding diaryl/α,β-unsaturated/α-hetero) is 1. The predicted octanol–water partition coefficient (Wildman–Crippen LogP) is -0.0539. The number of nitrogens with one attached hydrogen (secondary N) is 3. The van der Waals surface area contributed by atoms with Gasteiger partial charge in [-0.05, 0) is 26.3 Å². The Morgan fingerprint density at radius 3 is 2.71 bits per heavy atom. The van der Waals surface area contributed by atoms with Gasteiger partial charge in [-0.25, -0.2) is 4.79 Å². The normalized spacial score (nSPS) is 21.4. The van der Waals surface area contributed by atoms with Crippen LogP contribution in [0.3, 0.4) is 0 Å². The van der Waals surface area contributed by atoms with E-state index < -0.39 is 0 Å². The molecule has 2 heterocycles. The molecular weight excluding hydrogens is 182 g/mol. The summed E-state index contributed by atoms with van der Waals surface area (Å²) in [7, 11) is 0. The van der Waals surface area contributed by atoms with Crippen molar-refractivity contribution in [2.75, 3.05) is 6.54 Å². The van der Waals surface area contributed by atoms with Gasteiger partial charge in [-0.1, -0.05) is 0 Å². The summed E-state index contributed by atoms with van der Waals surface area (Å²) in [4.78, 5) is 27.8. The first-order chi connectivity index (χ1) is 6.68. The molecule has 1 aromatic heterocycles. The molecule has 0 spiro atoms. The number of carbonyl (C=O) groups excluding carboxylic acids is 1. The van der Waals surface area contributed by atoms with Crippen LogP contribution >= 0.6 is 0 Å². The van der Waals surface area contributed by atoms with E-state index in [1.807, 2.05) is 0 Å². The van der Waals surface area contributed by atoms with Gasteiger partial charge < -0.3 is 15.3 Å². The standard InChI is InChI=1S/C9H13N3O2/c1-5-7(12-9(14)11-5)8(13)6-3-2-4-10-6/h6,10H,2-4H2,1H3,(H2,11,12,14). The SMILES string of the molecule is Cc1[nH]c(=O)[nH]c1C(=O)C1CCCN1. The number of aromatic nitrogens is 2. The van der Waals surface area contributed by atoms with Gasteiger partial charge in [0, 0.05) is 5.69 Å². The molecule has 0 aliphatic carbocycles. The van der Waals surface area contributed by atoms with Crippen LogP contribution in [0.5, 0.6) is 0 Å². The second kappa shape index (κ2) is 3.42. The van der Waals surface area contributed by atoms with E-state index in [-0.39, 0.29) is 17.5 Å². The van der Waals surface area contributed by atoms with Crippen LogP contribution in [0, 0.1) is 6.92 Å². The van der Waals surface area contributed by atoms with Crippen LogP contribution in [-0.2, 0) is 0 Å². The first-order valence-electron chi connectivity index (χ1n) is 4.75. The number of aromatic amines is 2. The van der Waals surface area contributed by atoms with Gasteiger partial charge in [-0.3, -0.25) is 4.79 Å². The highest BCUT2D eigenvalue weighted by Crippen LogP contribution is 2.11. The molecule has 1 unspecified atom stereocenters. The van der Waals surface area contributed by atoms with Gasteiger partial charge in [0.15, 0.2) is 5.78 Å². The average Bonchev–Trinajstić information content (AvgIpc) is 2.73. The van der Waals surface area contributed by atoms with Gasteiger partial charge in [-0.2, -0.15) is 0 Å². The highest BCUT2D eigenvalue weighted by molar-refractivity contribution is 5.99. The fourth-order valence-electron chi connectivity index (χ4n) is 1.80. The molecule has 1 aliphatic heterocycles. The van der Waals surface area contributed by atoms with E-state index in [9.17, 15) is 9.59 Å². The van der Waals surface area contributed by atoms with Crippen LogP contribution in [0.15, 0.2) is 4.79 Å². The van der Waals surface area contributed by atoms with E-state index in [2.05, 4.69) is 15.3 Å². The largest absolute Gasteiger partial charge is 0.323 e. The number of ketones is 1. The Morgan fingerprint density at radius 2 is 2.21 bits per heavy atom. The number of aryl methyl sites for hydroxylation is 1. The zero-order chi connectivity index (χ0) is 10.1. The molecule has 0 aromatic carbocycles. The number of rotatable bonds is 2. The maximum absolute atomic E-state index is 11.8. The monoisotopic (exact) mass is 195 g/mol. The molecule has 0 bridgehead atoms. The molecule has 3 N–H and O–H groups in total. The fraction of sp³-hybridized carbons (Fsp3) is 0.556. The Morgan fingerprint density at radius 1 is 1.43 bits per heavy atom. The summed E-state index contributed by atoms with van der Waals surface area (Å²) in [5, 5.41) is 3.11. The van der Waals surface area contributed by atoms with Crippen LogP contribution in [0.2, 0.25) is 0 Å². The molecule has 14 heavy (non-hydrogen) atoms. The van der Waals surface area contributed by atoms with Crippen molar-refractivity contribution in [3.63, 3.8) is 0 Å². The number of H-pyrrole nitrogens is 2. The van der Waals surface area contributed by atoms with E-state index in [1.54, 1.807) is 6.92 Å². The Hall–Kier alpha value is -1.36. The number of hydrogen-bond acceptors (Lipinski definition) is 3. The van der Waals surface area contributed by atoms with Crippen molar-refractivity contribution in [2.45, 2.75) is 25.8 Å². The van der Waals surface area contributed by atoms with E-state index >= 15 is 0 Å². The molecule has 76 valence electrons. The van der Waals surface area contributed by atoms with E-state index in [4.69, 9.17) is 0 Å². The lowest BCUT2D eigenvalue weighted by atomic mass is 10.1. The smallest absolute Gasteiger partial charge is 0.310 e. The lowest BCUT2D eigenvalue weighted by Crippen LogP contribution is -2.31. The van der Waals surface area contributed by atoms with Crippen molar-refractivity contribution >= 4 is 5.78 Å². The second-order valence-electron chi connectivity index (χ2n) is 3.59. The molecule has 0 radical (unpaired) electrons. The van der Waals surface area contributed by atoms with Crippen molar-refractivity contribution in [1.29, 1.82) is 0 Å². The van der Waals surface area contributed by atoms with Crippen molar-refractivity contribution in [3.8, 4) is 0 Å². The summed E-state index contributed by atoms with van der Waals surface area (Å²) < 4.78 is 0. The lowest BCUT2D eigenvalue weighted by Gasteiger charge is -2.06. The fourth-order valence-corrected chi connectivity index (χ4v) is 1.80. The average molecular weight is 195 g/mol. The molecular formula is C9H13N3O2. The van der Waals surface area contributed by atoms with Crippen LogP contribution in [0.1, 0.15) is 29.0 Å². The third-order valence-corrected chi connectivity index (χ3v) is 2.54. The first kappa shape index (κ1) is 9.21. The molecule has 0 saturated carbocycles. The summed E-state index contributed by atoms with van der Waals surface area (Å²) in [5.74, 6) is -0.0154. The van der Waals surface area contributed by atoms with E-state index in [0.717, 1.165) is 19.4 Å². The second-order valence-corrected chi connectivity index (χ2v) is 3.59. The molecule has 1 atom stereocenters. The minimum absolute atomic E-state index is 0.0154. The summed E-state index contributed by atoms with van der Waals surface area (Å²) >= 11 is 0. The molecule has 0 amide bonds. The maximum Gasteiger partial charge on any atom is 0.323 e. The Balaban J connectivity index is 2.26. The van der Waals surface area contributed by atoms with Gasteiger partial charge in [-0.15, -0.1) is 0 Å². The highest BCUT2D eigenvalue weighted by Gasteiger charge is 2.25. The van der Waals surface area contributed by atoms with Gasteiger partial charge in [0.25, 0.3) is 0 Å². The Labute approximate surface area is 80.9 Å². The highest BCUT2D eigenvalue weighted by atomic mass is 16.1. The summed E-state index contributed by atoms with van der Waals surface area (Å²) in [5.41, 5.74) is 0.715. The first-order valence-corrected chi connectivity index (χ1v) is 4.75. The Kier molecular flexibility index (Phi) is 2.25. The van der Waals surface area contributed by atoms with Crippen molar-refractivity contribution in [1.82, 2.24) is 15.3 Å². The van der Waals surface area contributed by atoms with Gasteiger partial charge in [0.05, 0.1) is 6.04 Å². The van der Waals surface area contributed by atoms with E-state index in [0.29, 0.717) is 11.4 Å². The van der Waals surface area contributed by atoms with Gasteiger partial charge >= 0.3 is 5.69 Å². The lowest BCUT2D eigenvalue weighted by molar-refractivity contribution is 0.0947. The molecule has 1 saturated heterocycles. The Bertz CT molecular complexity index is 398. The van der Waals surface area contributed by atoms with Gasteiger partial charge in [0.2, 0.25) is 0 Å². The minimum atomic E-state index is -0.316. The molecule has 5 heteroatoms. The maximum atomic E-state index is 11.8. The van der Waals surface area contributed by atoms with Crippen molar-refractivity contribution < 1.29 is 4.79 Å². The molecule has 5 nitrogen and oxygen atoms in total. The summed E-state index contributed by atoms with van der Waals surface area (Å²) in [6, 6.07) is -0.125. The number of hydrogen-bond donors (Lipinski definition) is 3. The summed E-state index contributed by atoms with van der Waals surface area (Å²) in [6.07, 6.45) is 1.87.